The van der Waals surface area contributed by atoms with Gasteiger partial charge in [0.25, 0.3) is 0 Å². The maximum atomic E-state index is 12.5. The summed E-state index contributed by atoms with van der Waals surface area (Å²) in [6.45, 7) is 3.93. The third-order valence-electron chi connectivity index (χ3n) is 2.74. The van der Waals surface area contributed by atoms with Crippen molar-refractivity contribution in [2.24, 2.45) is 0 Å². The Morgan fingerprint density at radius 3 is 2.61 bits per heavy atom. The van der Waals surface area contributed by atoms with Crippen molar-refractivity contribution in [2.75, 3.05) is 6.54 Å². The number of hydrogen-bond donors (Lipinski definition) is 1. The highest BCUT2D eigenvalue weighted by molar-refractivity contribution is 5.97. The summed E-state index contributed by atoms with van der Waals surface area (Å²) >= 11 is 0. The standard InChI is InChI=1S/C13H16F3NO/c1-3-9(2)17-8-12(18)10-5-4-6-11(7-10)13(14,15)16/h4-7,9,17H,3,8H2,1-2H3. The molecule has 100 valence electrons. The molecule has 5 heteroatoms. The number of ketones is 1. The maximum Gasteiger partial charge on any atom is 0.416 e. The minimum absolute atomic E-state index is 0.0519. The highest BCUT2D eigenvalue weighted by atomic mass is 19.4. The average Bonchev–Trinajstić information content (AvgIpc) is 2.34. The molecule has 0 aliphatic rings. The highest BCUT2D eigenvalue weighted by Gasteiger charge is 2.30. The summed E-state index contributed by atoms with van der Waals surface area (Å²) in [6, 6.07) is 4.66. The molecule has 1 rings (SSSR count). The Morgan fingerprint density at radius 2 is 2.06 bits per heavy atom. The van der Waals surface area contributed by atoms with Gasteiger partial charge in [-0.1, -0.05) is 19.1 Å². The van der Waals surface area contributed by atoms with Crippen LogP contribution < -0.4 is 5.32 Å². The lowest BCUT2D eigenvalue weighted by molar-refractivity contribution is -0.137. The van der Waals surface area contributed by atoms with Crippen molar-refractivity contribution in [3.8, 4) is 0 Å². The lowest BCUT2D eigenvalue weighted by Crippen LogP contribution is -2.31. The molecule has 2 nitrogen and oxygen atoms in total. The molecule has 1 atom stereocenters. The van der Waals surface area contributed by atoms with E-state index in [-0.39, 0.29) is 23.9 Å². The number of benzene rings is 1. The van der Waals surface area contributed by atoms with Gasteiger partial charge in [0, 0.05) is 11.6 Å². The van der Waals surface area contributed by atoms with E-state index in [0.717, 1.165) is 18.6 Å². The molecule has 0 aromatic heterocycles. The summed E-state index contributed by atoms with van der Waals surface area (Å²) in [4.78, 5) is 11.7. The van der Waals surface area contributed by atoms with E-state index in [2.05, 4.69) is 5.32 Å². The number of carbonyl (C=O) groups is 1. The normalized spacial score (nSPS) is 13.4. The summed E-state index contributed by atoms with van der Waals surface area (Å²) < 4.78 is 37.4. The number of halogens is 3. The van der Waals surface area contributed by atoms with Gasteiger partial charge < -0.3 is 5.32 Å². The number of hydrogen-bond acceptors (Lipinski definition) is 2. The summed E-state index contributed by atoms with van der Waals surface area (Å²) in [7, 11) is 0. The van der Waals surface area contributed by atoms with Gasteiger partial charge in [-0.05, 0) is 25.5 Å². The molecule has 18 heavy (non-hydrogen) atoms. The van der Waals surface area contributed by atoms with Gasteiger partial charge in [-0.3, -0.25) is 4.79 Å². The Balaban J connectivity index is 2.75. The van der Waals surface area contributed by atoms with Crippen LogP contribution >= 0.6 is 0 Å². The number of rotatable bonds is 5. The van der Waals surface area contributed by atoms with Gasteiger partial charge in [-0.15, -0.1) is 0 Å². The molecular weight excluding hydrogens is 243 g/mol. The smallest absolute Gasteiger partial charge is 0.307 e. The largest absolute Gasteiger partial charge is 0.416 e. The van der Waals surface area contributed by atoms with E-state index in [4.69, 9.17) is 0 Å². The van der Waals surface area contributed by atoms with E-state index in [0.29, 0.717) is 0 Å². The molecule has 0 saturated carbocycles. The van der Waals surface area contributed by atoms with Crippen LogP contribution in [-0.2, 0) is 6.18 Å². The molecule has 1 aromatic carbocycles. The molecule has 0 spiro atoms. The molecule has 0 fully saturated rings. The number of alkyl halides is 3. The quantitative estimate of drug-likeness (QED) is 0.822. The zero-order valence-corrected chi connectivity index (χ0v) is 10.3. The Morgan fingerprint density at radius 1 is 1.39 bits per heavy atom. The molecule has 1 unspecified atom stereocenters. The minimum Gasteiger partial charge on any atom is -0.307 e. The molecule has 0 aliphatic heterocycles. The molecule has 0 amide bonds. The van der Waals surface area contributed by atoms with Gasteiger partial charge in [0.15, 0.2) is 5.78 Å². The van der Waals surface area contributed by atoms with Crippen LogP contribution in [0.15, 0.2) is 24.3 Å². The average molecular weight is 259 g/mol. The molecule has 1 aromatic rings. The lowest BCUT2D eigenvalue weighted by atomic mass is 10.1. The van der Waals surface area contributed by atoms with Gasteiger partial charge in [-0.2, -0.15) is 13.2 Å². The monoisotopic (exact) mass is 259 g/mol. The first-order chi connectivity index (χ1) is 8.34. The minimum atomic E-state index is -4.42. The zero-order chi connectivity index (χ0) is 13.8. The first-order valence-electron chi connectivity index (χ1n) is 5.78. The summed E-state index contributed by atoms with van der Waals surface area (Å²) in [5.41, 5.74) is -0.711. The fourth-order valence-electron chi connectivity index (χ4n) is 1.38. The number of carbonyl (C=O) groups excluding carboxylic acids is 1. The third-order valence-corrected chi connectivity index (χ3v) is 2.74. The van der Waals surface area contributed by atoms with Gasteiger partial charge in [-0.25, -0.2) is 0 Å². The third kappa shape index (κ3) is 4.14. The Hall–Kier alpha value is -1.36. The van der Waals surface area contributed by atoms with Gasteiger partial charge in [0.2, 0.25) is 0 Å². The fourth-order valence-corrected chi connectivity index (χ4v) is 1.38. The van der Waals surface area contributed by atoms with Crippen molar-refractivity contribution in [1.29, 1.82) is 0 Å². The van der Waals surface area contributed by atoms with Crippen LogP contribution in [0.1, 0.15) is 36.2 Å². The highest BCUT2D eigenvalue weighted by Crippen LogP contribution is 2.29. The number of Topliss-reactive ketones (excluding diaryl/α,β-unsaturated/α-hetero) is 1. The van der Waals surface area contributed by atoms with E-state index in [9.17, 15) is 18.0 Å². The van der Waals surface area contributed by atoms with Crippen molar-refractivity contribution < 1.29 is 18.0 Å². The van der Waals surface area contributed by atoms with Crippen molar-refractivity contribution >= 4 is 5.78 Å². The first kappa shape index (κ1) is 14.7. The molecule has 1 N–H and O–H groups in total. The number of nitrogens with one attached hydrogen (secondary N) is 1. The summed E-state index contributed by atoms with van der Waals surface area (Å²) in [5, 5.41) is 2.96. The van der Waals surface area contributed by atoms with E-state index in [1.54, 1.807) is 0 Å². The predicted octanol–water partition coefficient (Wildman–Crippen LogP) is 3.28. The van der Waals surface area contributed by atoms with Crippen LogP contribution in [0.2, 0.25) is 0 Å². The molecule has 0 radical (unpaired) electrons. The van der Waals surface area contributed by atoms with Crippen molar-refractivity contribution in [2.45, 2.75) is 32.5 Å². The van der Waals surface area contributed by atoms with Crippen LogP contribution in [0.4, 0.5) is 13.2 Å². The molecule has 0 bridgehead atoms. The second-order valence-electron chi connectivity index (χ2n) is 4.19. The topological polar surface area (TPSA) is 29.1 Å². The van der Waals surface area contributed by atoms with E-state index in [1.165, 1.54) is 12.1 Å². The summed E-state index contributed by atoms with van der Waals surface area (Å²) in [6.07, 6.45) is -3.56. The second kappa shape index (κ2) is 6.00. The van der Waals surface area contributed by atoms with E-state index in [1.807, 2.05) is 13.8 Å². The van der Waals surface area contributed by atoms with Crippen LogP contribution in [-0.4, -0.2) is 18.4 Å². The zero-order valence-electron chi connectivity index (χ0n) is 10.3. The second-order valence-corrected chi connectivity index (χ2v) is 4.19. The SMILES string of the molecule is CCC(C)NCC(=O)c1cccc(C(F)(F)F)c1. The fraction of sp³-hybridized carbons (Fsp3) is 0.462. The van der Waals surface area contributed by atoms with Crippen molar-refractivity contribution in [3.63, 3.8) is 0 Å². The molecular formula is C13H16F3NO. The summed E-state index contributed by atoms with van der Waals surface area (Å²) in [5.74, 6) is -0.332. The van der Waals surface area contributed by atoms with Crippen LogP contribution in [0.5, 0.6) is 0 Å². The lowest BCUT2D eigenvalue weighted by Gasteiger charge is -2.11. The Labute approximate surface area is 104 Å². The molecule has 0 heterocycles. The first-order valence-corrected chi connectivity index (χ1v) is 5.78. The van der Waals surface area contributed by atoms with Crippen LogP contribution in [0.3, 0.4) is 0 Å². The van der Waals surface area contributed by atoms with Gasteiger partial charge in [0.1, 0.15) is 0 Å². The van der Waals surface area contributed by atoms with Crippen molar-refractivity contribution in [3.05, 3.63) is 35.4 Å². The Kier molecular flexibility index (Phi) is 4.90. The van der Waals surface area contributed by atoms with Gasteiger partial charge in [0.05, 0.1) is 12.1 Å². The van der Waals surface area contributed by atoms with E-state index < -0.39 is 11.7 Å². The van der Waals surface area contributed by atoms with E-state index >= 15 is 0 Å². The molecule has 0 saturated heterocycles. The van der Waals surface area contributed by atoms with Crippen LogP contribution in [0, 0.1) is 0 Å². The van der Waals surface area contributed by atoms with Crippen molar-refractivity contribution in [1.82, 2.24) is 5.32 Å². The predicted molar refractivity (Wildman–Crippen MR) is 63.5 cm³/mol. The Bertz CT molecular complexity index is 415. The van der Waals surface area contributed by atoms with Crippen LogP contribution in [0.25, 0.3) is 0 Å². The molecule has 0 aliphatic carbocycles. The van der Waals surface area contributed by atoms with Gasteiger partial charge >= 0.3 is 6.18 Å². The maximum absolute atomic E-state index is 12.5.